The summed E-state index contributed by atoms with van der Waals surface area (Å²) in [6, 6.07) is 6.53. The van der Waals surface area contributed by atoms with Crippen LogP contribution in [0.5, 0.6) is 0 Å². The van der Waals surface area contributed by atoms with Crippen LogP contribution in [0.1, 0.15) is 49.0 Å². The molecule has 6 heteroatoms. The maximum absolute atomic E-state index is 13.5. The summed E-state index contributed by atoms with van der Waals surface area (Å²) in [6.07, 6.45) is 11.7. The number of furan rings is 1. The number of fused-ring (bicyclic) bond motifs is 6. The Labute approximate surface area is 170 Å². The summed E-state index contributed by atoms with van der Waals surface area (Å²) >= 11 is 0. The third-order valence-corrected chi connectivity index (χ3v) is 7.50. The molecule has 152 valence electrons. The quantitative estimate of drug-likeness (QED) is 0.792. The lowest BCUT2D eigenvalue weighted by molar-refractivity contribution is 0.00131. The number of carbonyl (C=O) groups excluding carboxylic acids is 1. The Balaban J connectivity index is 1.29. The van der Waals surface area contributed by atoms with Crippen LogP contribution in [0.4, 0.5) is 0 Å². The van der Waals surface area contributed by atoms with Gasteiger partial charge < -0.3 is 9.32 Å². The molecule has 3 fully saturated rings. The molecule has 4 atom stereocenters. The van der Waals surface area contributed by atoms with Gasteiger partial charge in [-0.25, -0.2) is 0 Å². The topological polar surface area (TPSA) is 65.4 Å². The highest BCUT2D eigenvalue weighted by molar-refractivity contribution is 5.93. The van der Waals surface area contributed by atoms with Crippen molar-refractivity contribution in [1.82, 2.24) is 20.0 Å². The molecule has 3 aliphatic heterocycles. The second kappa shape index (κ2) is 6.87. The predicted octanol–water partition coefficient (Wildman–Crippen LogP) is 3.70. The monoisotopic (exact) mass is 392 g/mol. The molecule has 2 aromatic rings. The Hall–Kier alpha value is -2.34. The van der Waals surface area contributed by atoms with Crippen LogP contribution in [0, 0.1) is 11.8 Å². The third kappa shape index (κ3) is 2.88. The number of amides is 1. The molecule has 2 aromatic heterocycles. The lowest BCUT2D eigenvalue weighted by atomic mass is 9.68. The SMILES string of the molecule is O=C(c1cc(-c2ccco2)[nH]n1)N1CCCC2=C[C@H]3C[C@@H](CN4CCCCC34)C21. The largest absolute Gasteiger partial charge is 0.463 e. The van der Waals surface area contributed by atoms with Crippen molar-refractivity contribution in [3.63, 3.8) is 0 Å². The number of aromatic amines is 1. The summed E-state index contributed by atoms with van der Waals surface area (Å²) in [5, 5.41) is 7.29. The van der Waals surface area contributed by atoms with Gasteiger partial charge in [-0.3, -0.25) is 14.8 Å². The van der Waals surface area contributed by atoms with E-state index in [-0.39, 0.29) is 11.9 Å². The zero-order valence-electron chi connectivity index (χ0n) is 16.7. The number of nitrogens with one attached hydrogen (secondary N) is 1. The van der Waals surface area contributed by atoms with Gasteiger partial charge in [0, 0.05) is 25.2 Å². The average molecular weight is 393 g/mol. The molecular weight excluding hydrogens is 364 g/mol. The fourth-order valence-electron chi connectivity index (χ4n) is 6.34. The van der Waals surface area contributed by atoms with Gasteiger partial charge in [0.1, 0.15) is 5.69 Å². The summed E-state index contributed by atoms with van der Waals surface area (Å²) < 4.78 is 5.44. The van der Waals surface area contributed by atoms with Crippen LogP contribution in [0.15, 0.2) is 40.5 Å². The molecule has 1 amide bonds. The number of piperidine rings is 3. The smallest absolute Gasteiger partial charge is 0.274 e. The summed E-state index contributed by atoms with van der Waals surface area (Å²) in [5.74, 6) is 2.00. The van der Waals surface area contributed by atoms with Crippen LogP contribution in [-0.4, -0.2) is 57.6 Å². The van der Waals surface area contributed by atoms with Crippen molar-refractivity contribution in [1.29, 1.82) is 0 Å². The van der Waals surface area contributed by atoms with Crippen LogP contribution >= 0.6 is 0 Å². The molecule has 4 aliphatic rings. The Kier molecular flexibility index (Phi) is 4.15. The Morgan fingerprint density at radius 1 is 1.24 bits per heavy atom. The summed E-state index contributed by atoms with van der Waals surface area (Å²) in [5.41, 5.74) is 2.76. The maximum atomic E-state index is 13.5. The Morgan fingerprint density at radius 2 is 2.21 bits per heavy atom. The summed E-state index contributed by atoms with van der Waals surface area (Å²) in [7, 11) is 0. The first kappa shape index (κ1) is 17.5. The van der Waals surface area contributed by atoms with Gasteiger partial charge in [0.15, 0.2) is 11.5 Å². The van der Waals surface area contributed by atoms with E-state index in [9.17, 15) is 4.79 Å². The molecular formula is C23H28N4O2. The van der Waals surface area contributed by atoms with Gasteiger partial charge in [0.25, 0.3) is 5.91 Å². The first-order valence-corrected chi connectivity index (χ1v) is 11.1. The minimum Gasteiger partial charge on any atom is -0.463 e. The minimum atomic E-state index is 0.0499. The maximum Gasteiger partial charge on any atom is 0.274 e. The second-order valence-corrected chi connectivity index (χ2v) is 9.15. The van der Waals surface area contributed by atoms with E-state index in [2.05, 4.69) is 26.1 Å². The molecule has 0 saturated carbocycles. The van der Waals surface area contributed by atoms with Gasteiger partial charge in [0.05, 0.1) is 12.3 Å². The van der Waals surface area contributed by atoms with Crippen LogP contribution < -0.4 is 0 Å². The number of hydrogen-bond donors (Lipinski definition) is 1. The molecule has 0 aromatic carbocycles. The standard InChI is InChI=1S/C23H28N4O2/c28-23(19-13-18(24-25-19)21-7-4-10-29-21)27-9-3-5-15-11-16-12-17(22(15)27)14-26-8-2-1-6-20(16)26/h4,7,10-11,13,16-17,20,22H,1-3,5-6,8-9,12,14H2,(H,24,25)/t16-,17-,20?,22?/m0/s1. The van der Waals surface area contributed by atoms with Crippen LogP contribution in [0.25, 0.3) is 11.5 Å². The zero-order chi connectivity index (χ0) is 19.4. The number of carbonyl (C=O) groups is 1. The van der Waals surface area contributed by atoms with E-state index in [0.29, 0.717) is 23.3 Å². The van der Waals surface area contributed by atoms with Crippen molar-refractivity contribution in [2.45, 2.75) is 50.6 Å². The van der Waals surface area contributed by atoms with E-state index < -0.39 is 0 Å². The molecule has 3 saturated heterocycles. The molecule has 5 heterocycles. The Morgan fingerprint density at radius 3 is 3.10 bits per heavy atom. The number of likely N-dealkylation sites (tertiary alicyclic amines) is 1. The molecule has 0 spiro atoms. The van der Waals surface area contributed by atoms with Gasteiger partial charge in [0.2, 0.25) is 0 Å². The molecule has 1 aliphatic carbocycles. The number of hydrogen-bond acceptors (Lipinski definition) is 4. The van der Waals surface area contributed by atoms with Gasteiger partial charge in [-0.15, -0.1) is 0 Å². The van der Waals surface area contributed by atoms with Crippen molar-refractivity contribution < 1.29 is 9.21 Å². The molecule has 2 bridgehead atoms. The van der Waals surface area contributed by atoms with Crippen molar-refractivity contribution in [3.05, 3.63) is 41.8 Å². The van der Waals surface area contributed by atoms with Crippen molar-refractivity contribution in [3.8, 4) is 11.5 Å². The van der Waals surface area contributed by atoms with Crippen molar-refractivity contribution in [2.75, 3.05) is 19.6 Å². The first-order chi connectivity index (χ1) is 14.3. The number of nitrogens with zero attached hydrogens (tertiary/aromatic N) is 3. The van der Waals surface area contributed by atoms with Crippen molar-refractivity contribution >= 4 is 5.91 Å². The average Bonchev–Trinajstić information content (AvgIpc) is 3.45. The minimum absolute atomic E-state index is 0.0499. The number of aromatic nitrogens is 2. The molecule has 1 N–H and O–H groups in total. The van der Waals surface area contributed by atoms with E-state index in [4.69, 9.17) is 4.42 Å². The van der Waals surface area contributed by atoms with Crippen LogP contribution in [0.2, 0.25) is 0 Å². The normalized spacial score (nSPS) is 31.7. The molecule has 6 rings (SSSR count). The van der Waals surface area contributed by atoms with Gasteiger partial charge in [-0.2, -0.15) is 5.10 Å². The Bertz CT molecular complexity index is 931. The van der Waals surface area contributed by atoms with Crippen LogP contribution in [0.3, 0.4) is 0 Å². The second-order valence-electron chi connectivity index (χ2n) is 9.15. The van der Waals surface area contributed by atoms with E-state index in [1.807, 2.05) is 18.2 Å². The molecule has 6 nitrogen and oxygen atoms in total. The third-order valence-electron chi connectivity index (χ3n) is 7.50. The summed E-state index contributed by atoms with van der Waals surface area (Å²) in [6.45, 7) is 3.20. The number of H-pyrrole nitrogens is 1. The first-order valence-electron chi connectivity index (χ1n) is 11.1. The van der Waals surface area contributed by atoms with Gasteiger partial charge >= 0.3 is 0 Å². The van der Waals surface area contributed by atoms with E-state index in [1.54, 1.807) is 6.26 Å². The van der Waals surface area contributed by atoms with E-state index in [0.717, 1.165) is 37.7 Å². The highest BCUT2D eigenvalue weighted by atomic mass is 16.3. The highest BCUT2D eigenvalue weighted by Crippen LogP contribution is 2.45. The van der Waals surface area contributed by atoms with E-state index in [1.165, 1.54) is 37.8 Å². The van der Waals surface area contributed by atoms with Gasteiger partial charge in [-0.1, -0.05) is 18.1 Å². The lowest BCUT2D eigenvalue weighted by Crippen LogP contribution is -2.60. The predicted molar refractivity (Wildman–Crippen MR) is 109 cm³/mol. The lowest BCUT2D eigenvalue weighted by Gasteiger charge is -2.54. The fourth-order valence-corrected chi connectivity index (χ4v) is 6.34. The van der Waals surface area contributed by atoms with Gasteiger partial charge in [-0.05, 0) is 62.6 Å². The highest BCUT2D eigenvalue weighted by Gasteiger charge is 2.47. The number of rotatable bonds is 2. The van der Waals surface area contributed by atoms with E-state index >= 15 is 0 Å². The van der Waals surface area contributed by atoms with Crippen molar-refractivity contribution in [2.24, 2.45) is 11.8 Å². The molecule has 0 radical (unpaired) electrons. The zero-order valence-corrected chi connectivity index (χ0v) is 16.7. The fraction of sp³-hybridized carbons (Fsp3) is 0.565. The molecule has 2 unspecified atom stereocenters. The van der Waals surface area contributed by atoms with Crippen LogP contribution in [-0.2, 0) is 0 Å². The molecule has 29 heavy (non-hydrogen) atoms. The summed E-state index contributed by atoms with van der Waals surface area (Å²) in [4.78, 5) is 18.3.